The summed E-state index contributed by atoms with van der Waals surface area (Å²) in [6.45, 7) is 4.82. The molecule has 0 radical (unpaired) electrons. The van der Waals surface area contributed by atoms with Gasteiger partial charge in [0.1, 0.15) is 5.82 Å². The SMILES string of the molecule is CNC(CCN1CCN(c2ccccn2)CC1)C(N)=O. The van der Waals surface area contributed by atoms with Crippen LogP contribution in [-0.2, 0) is 4.79 Å². The number of carbonyl (C=O) groups is 1. The van der Waals surface area contributed by atoms with Gasteiger partial charge in [0.15, 0.2) is 0 Å². The van der Waals surface area contributed by atoms with Crippen LogP contribution in [0.4, 0.5) is 5.82 Å². The molecule has 3 N–H and O–H groups in total. The van der Waals surface area contributed by atoms with Crippen molar-refractivity contribution in [1.29, 1.82) is 0 Å². The van der Waals surface area contributed by atoms with Crippen LogP contribution < -0.4 is 16.0 Å². The number of carbonyl (C=O) groups excluding carboxylic acids is 1. The summed E-state index contributed by atoms with van der Waals surface area (Å²) in [4.78, 5) is 20.2. The van der Waals surface area contributed by atoms with Crippen molar-refractivity contribution < 1.29 is 4.79 Å². The first-order chi connectivity index (χ1) is 9.70. The van der Waals surface area contributed by atoms with E-state index in [-0.39, 0.29) is 11.9 Å². The number of amides is 1. The average Bonchev–Trinajstić information content (AvgIpc) is 2.49. The zero-order chi connectivity index (χ0) is 14.4. The molecule has 110 valence electrons. The molecule has 1 unspecified atom stereocenters. The van der Waals surface area contributed by atoms with Crippen molar-refractivity contribution in [2.45, 2.75) is 12.5 Å². The minimum Gasteiger partial charge on any atom is -0.368 e. The maximum atomic E-state index is 11.2. The van der Waals surface area contributed by atoms with Gasteiger partial charge in [-0.25, -0.2) is 4.98 Å². The van der Waals surface area contributed by atoms with Gasteiger partial charge in [-0.05, 0) is 25.6 Å². The molecular formula is C14H23N5O. The number of anilines is 1. The molecule has 0 aromatic carbocycles. The summed E-state index contributed by atoms with van der Waals surface area (Å²) in [5.41, 5.74) is 5.32. The fourth-order valence-electron chi connectivity index (χ4n) is 2.48. The van der Waals surface area contributed by atoms with E-state index >= 15 is 0 Å². The second-order valence-electron chi connectivity index (χ2n) is 5.05. The predicted molar refractivity (Wildman–Crippen MR) is 79.5 cm³/mol. The van der Waals surface area contributed by atoms with Gasteiger partial charge in [0.2, 0.25) is 5.91 Å². The molecule has 1 amide bonds. The Kier molecular flexibility index (Phi) is 5.31. The third-order valence-electron chi connectivity index (χ3n) is 3.77. The lowest BCUT2D eigenvalue weighted by Gasteiger charge is -2.35. The molecule has 20 heavy (non-hydrogen) atoms. The van der Waals surface area contributed by atoms with Crippen LogP contribution in [0.15, 0.2) is 24.4 Å². The van der Waals surface area contributed by atoms with E-state index in [1.165, 1.54) is 0 Å². The van der Waals surface area contributed by atoms with E-state index < -0.39 is 0 Å². The largest absolute Gasteiger partial charge is 0.368 e. The van der Waals surface area contributed by atoms with Crippen LogP contribution in [0.3, 0.4) is 0 Å². The number of primary amides is 1. The van der Waals surface area contributed by atoms with Crippen molar-refractivity contribution in [2.24, 2.45) is 5.73 Å². The first-order valence-corrected chi connectivity index (χ1v) is 7.05. The number of pyridine rings is 1. The summed E-state index contributed by atoms with van der Waals surface area (Å²) in [6, 6.07) is 5.75. The first kappa shape index (κ1) is 14.7. The molecule has 0 aliphatic carbocycles. The van der Waals surface area contributed by atoms with Gasteiger partial charge in [0, 0.05) is 38.9 Å². The van der Waals surface area contributed by atoms with Crippen LogP contribution in [0.1, 0.15) is 6.42 Å². The molecule has 2 rings (SSSR count). The summed E-state index contributed by atoms with van der Waals surface area (Å²) in [7, 11) is 1.77. The number of nitrogens with zero attached hydrogens (tertiary/aromatic N) is 3. The monoisotopic (exact) mass is 277 g/mol. The van der Waals surface area contributed by atoms with E-state index in [9.17, 15) is 4.79 Å². The number of nitrogens with one attached hydrogen (secondary N) is 1. The Labute approximate surface area is 120 Å². The number of aromatic nitrogens is 1. The minimum atomic E-state index is -0.278. The van der Waals surface area contributed by atoms with Crippen LogP contribution >= 0.6 is 0 Å². The Hall–Kier alpha value is -1.66. The molecule has 0 bridgehead atoms. The highest BCUT2D eigenvalue weighted by Crippen LogP contribution is 2.12. The van der Waals surface area contributed by atoms with Crippen molar-refractivity contribution in [3.05, 3.63) is 24.4 Å². The molecule has 0 spiro atoms. The molecule has 1 aliphatic rings. The number of rotatable bonds is 6. The number of hydrogen-bond acceptors (Lipinski definition) is 5. The summed E-state index contributed by atoms with van der Waals surface area (Å²) in [6.07, 6.45) is 2.58. The molecule has 6 heteroatoms. The molecule has 1 aromatic rings. The summed E-state index contributed by atoms with van der Waals surface area (Å²) in [5.74, 6) is 0.761. The second kappa shape index (κ2) is 7.21. The Morgan fingerprint density at radius 3 is 2.70 bits per heavy atom. The molecule has 2 heterocycles. The number of nitrogens with two attached hydrogens (primary N) is 1. The fourth-order valence-corrected chi connectivity index (χ4v) is 2.48. The standard InChI is InChI=1S/C14H23N5O/c1-16-12(14(15)20)5-7-18-8-10-19(11-9-18)13-4-2-3-6-17-13/h2-4,6,12,16H,5,7-11H2,1H3,(H2,15,20). The fraction of sp³-hybridized carbons (Fsp3) is 0.571. The molecule has 1 saturated heterocycles. The second-order valence-corrected chi connectivity index (χ2v) is 5.05. The van der Waals surface area contributed by atoms with Gasteiger partial charge in [-0.1, -0.05) is 6.07 Å². The quantitative estimate of drug-likeness (QED) is 0.744. The molecular weight excluding hydrogens is 254 g/mol. The number of likely N-dealkylation sites (N-methyl/N-ethyl adjacent to an activating group) is 1. The molecule has 1 atom stereocenters. The lowest BCUT2D eigenvalue weighted by atomic mass is 10.2. The molecule has 0 saturated carbocycles. The smallest absolute Gasteiger partial charge is 0.234 e. The zero-order valence-corrected chi connectivity index (χ0v) is 12.0. The normalized spacial score (nSPS) is 17.9. The van der Waals surface area contributed by atoms with E-state index in [4.69, 9.17) is 5.73 Å². The average molecular weight is 277 g/mol. The zero-order valence-electron chi connectivity index (χ0n) is 12.0. The third-order valence-corrected chi connectivity index (χ3v) is 3.77. The van der Waals surface area contributed by atoms with Gasteiger partial charge in [0.05, 0.1) is 6.04 Å². The highest BCUT2D eigenvalue weighted by atomic mass is 16.1. The first-order valence-electron chi connectivity index (χ1n) is 7.05. The topological polar surface area (TPSA) is 74.5 Å². The van der Waals surface area contributed by atoms with Crippen LogP contribution in [0.5, 0.6) is 0 Å². The van der Waals surface area contributed by atoms with Crippen molar-refractivity contribution in [1.82, 2.24) is 15.2 Å². The van der Waals surface area contributed by atoms with Crippen molar-refractivity contribution in [2.75, 3.05) is 44.7 Å². The summed E-state index contributed by atoms with van der Waals surface area (Å²) in [5, 5.41) is 2.95. The van der Waals surface area contributed by atoms with Crippen LogP contribution in [0.2, 0.25) is 0 Å². The maximum Gasteiger partial charge on any atom is 0.234 e. The van der Waals surface area contributed by atoms with Gasteiger partial charge in [-0.3, -0.25) is 9.69 Å². The molecule has 1 fully saturated rings. The Bertz CT molecular complexity index is 417. The highest BCUT2D eigenvalue weighted by Gasteiger charge is 2.19. The number of hydrogen-bond donors (Lipinski definition) is 2. The Morgan fingerprint density at radius 1 is 1.40 bits per heavy atom. The number of piperazine rings is 1. The van der Waals surface area contributed by atoms with Crippen LogP contribution in [0, 0.1) is 0 Å². The van der Waals surface area contributed by atoms with E-state index in [1.54, 1.807) is 7.05 Å². The predicted octanol–water partition coefficient (Wildman–Crippen LogP) is -0.333. The highest BCUT2D eigenvalue weighted by molar-refractivity contribution is 5.79. The Balaban J connectivity index is 1.76. The third kappa shape index (κ3) is 3.91. The summed E-state index contributed by atoms with van der Waals surface area (Å²) >= 11 is 0. The lowest BCUT2D eigenvalue weighted by molar-refractivity contribution is -0.120. The van der Waals surface area contributed by atoms with Crippen molar-refractivity contribution >= 4 is 11.7 Å². The van der Waals surface area contributed by atoms with Gasteiger partial charge in [0.25, 0.3) is 0 Å². The summed E-state index contributed by atoms with van der Waals surface area (Å²) < 4.78 is 0. The van der Waals surface area contributed by atoms with E-state index in [0.29, 0.717) is 0 Å². The molecule has 1 aliphatic heterocycles. The van der Waals surface area contributed by atoms with Crippen LogP contribution in [-0.4, -0.2) is 61.6 Å². The molecule has 1 aromatic heterocycles. The van der Waals surface area contributed by atoms with Crippen molar-refractivity contribution in [3.8, 4) is 0 Å². The van der Waals surface area contributed by atoms with Gasteiger partial charge in [-0.2, -0.15) is 0 Å². The minimum absolute atomic E-state index is 0.233. The van der Waals surface area contributed by atoms with Crippen LogP contribution in [0.25, 0.3) is 0 Å². The molecule has 6 nitrogen and oxygen atoms in total. The van der Waals surface area contributed by atoms with E-state index in [2.05, 4.69) is 20.1 Å². The van der Waals surface area contributed by atoms with E-state index in [0.717, 1.165) is 45.0 Å². The maximum absolute atomic E-state index is 11.2. The van der Waals surface area contributed by atoms with Gasteiger partial charge < -0.3 is 16.0 Å². The lowest BCUT2D eigenvalue weighted by Crippen LogP contribution is -2.49. The van der Waals surface area contributed by atoms with E-state index in [1.807, 2.05) is 24.4 Å². The van der Waals surface area contributed by atoms with Gasteiger partial charge >= 0.3 is 0 Å². The van der Waals surface area contributed by atoms with Crippen molar-refractivity contribution in [3.63, 3.8) is 0 Å². The van der Waals surface area contributed by atoms with Gasteiger partial charge in [-0.15, -0.1) is 0 Å². The Morgan fingerprint density at radius 2 is 2.15 bits per heavy atom.